The lowest BCUT2D eigenvalue weighted by Gasteiger charge is -2.06. The topological polar surface area (TPSA) is 68.0 Å². The van der Waals surface area contributed by atoms with Crippen LogP contribution in [0.25, 0.3) is 11.3 Å². The Hall–Kier alpha value is -1.40. The van der Waals surface area contributed by atoms with Crippen molar-refractivity contribution in [2.24, 2.45) is 0 Å². The number of aryl methyl sites for hydroxylation is 1. The highest BCUT2D eigenvalue weighted by Gasteiger charge is 2.21. The number of fused-ring (bicyclic) bond motifs is 1. The number of nitrogens with two attached hydrogens (primary N) is 1. The van der Waals surface area contributed by atoms with Gasteiger partial charge < -0.3 is 11.1 Å². The van der Waals surface area contributed by atoms with Gasteiger partial charge >= 0.3 is 0 Å². The van der Waals surface area contributed by atoms with Crippen molar-refractivity contribution in [3.8, 4) is 11.3 Å². The largest absolute Gasteiger partial charge is 0.375 e. The normalized spacial score (nSPS) is 13.6. The number of rotatable bonds is 1. The number of hydrogen-bond donors (Lipinski definition) is 2. The minimum Gasteiger partial charge on any atom is -0.375 e. The maximum absolute atomic E-state index is 11.4. The molecule has 1 amide bonds. The van der Waals surface area contributed by atoms with E-state index in [1.54, 1.807) is 0 Å². The summed E-state index contributed by atoms with van der Waals surface area (Å²) in [6, 6.07) is 3.92. The Kier molecular flexibility index (Phi) is 2.64. The standard InChI is InChI=1S/C12H10BrN3OS/c1-5-11(16-12(14)18-5)7-2-6-3-10(17)15-9(6)4-8(7)13/h2,4H,3H2,1H3,(H2,14,16)(H,15,17). The molecule has 3 N–H and O–H groups in total. The van der Waals surface area contributed by atoms with Crippen LogP contribution in [0.1, 0.15) is 10.4 Å². The molecule has 0 atom stereocenters. The zero-order valence-corrected chi connectivity index (χ0v) is 12.0. The number of nitrogen functional groups attached to an aromatic ring is 1. The minimum absolute atomic E-state index is 0.0311. The Morgan fingerprint density at radius 1 is 1.50 bits per heavy atom. The second-order valence-corrected chi connectivity index (χ2v) is 6.26. The Morgan fingerprint density at radius 3 is 2.94 bits per heavy atom. The third-order valence-electron chi connectivity index (χ3n) is 2.89. The quantitative estimate of drug-likeness (QED) is 0.847. The summed E-state index contributed by atoms with van der Waals surface area (Å²) in [5.41, 5.74) is 9.47. The van der Waals surface area contributed by atoms with Crippen LogP contribution in [-0.4, -0.2) is 10.9 Å². The number of carbonyl (C=O) groups excluding carboxylic acids is 1. The maximum Gasteiger partial charge on any atom is 0.228 e. The molecule has 2 heterocycles. The molecule has 0 spiro atoms. The lowest BCUT2D eigenvalue weighted by Crippen LogP contribution is -2.03. The first-order valence-electron chi connectivity index (χ1n) is 5.40. The van der Waals surface area contributed by atoms with Crippen LogP contribution in [0.4, 0.5) is 10.8 Å². The van der Waals surface area contributed by atoms with Gasteiger partial charge in [-0.3, -0.25) is 4.79 Å². The van der Waals surface area contributed by atoms with Gasteiger partial charge in [0.2, 0.25) is 5.91 Å². The van der Waals surface area contributed by atoms with Crippen molar-refractivity contribution in [1.82, 2.24) is 4.98 Å². The number of carbonyl (C=O) groups is 1. The van der Waals surface area contributed by atoms with Gasteiger partial charge in [0.25, 0.3) is 0 Å². The Bertz CT molecular complexity index is 666. The third-order valence-corrected chi connectivity index (χ3v) is 4.34. The number of aromatic nitrogens is 1. The Morgan fingerprint density at radius 2 is 2.28 bits per heavy atom. The molecule has 6 heteroatoms. The number of amides is 1. The fourth-order valence-electron chi connectivity index (χ4n) is 2.10. The zero-order chi connectivity index (χ0) is 12.9. The SMILES string of the molecule is Cc1sc(N)nc1-c1cc2c(cc1Br)NC(=O)C2. The minimum atomic E-state index is 0.0311. The number of anilines is 2. The Balaban J connectivity index is 2.17. The van der Waals surface area contributed by atoms with E-state index in [0.29, 0.717) is 11.6 Å². The van der Waals surface area contributed by atoms with Crippen LogP contribution in [0.2, 0.25) is 0 Å². The van der Waals surface area contributed by atoms with Crippen molar-refractivity contribution >= 4 is 44.0 Å². The highest BCUT2D eigenvalue weighted by Crippen LogP contribution is 2.38. The number of benzene rings is 1. The zero-order valence-electron chi connectivity index (χ0n) is 9.58. The molecule has 4 nitrogen and oxygen atoms in total. The molecule has 0 unspecified atom stereocenters. The van der Waals surface area contributed by atoms with Crippen molar-refractivity contribution < 1.29 is 4.79 Å². The van der Waals surface area contributed by atoms with Crippen LogP contribution in [0.3, 0.4) is 0 Å². The molecule has 3 rings (SSSR count). The van der Waals surface area contributed by atoms with Crippen molar-refractivity contribution in [3.05, 3.63) is 27.0 Å². The molecule has 0 radical (unpaired) electrons. The second kappa shape index (κ2) is 4.07. The smallest absolute Gasteiger partial charge is 0.228 e. The fraction of sp³-hybridized carbons (Fsp3) is 0.167. The number of nitrogens with one attached hydrogen (secondary N) is 1. The predicted molar refractivity (Wildman–Crippen MR) is 76.7 cm³/mol. The molecule has 1 aromatic carbocycles. The fourth-order valence-corrected chi connectivity index (χ4v) is 3.33. The lowest BCUT2D eigenvalue weighted by molar-refractivity contribution is -0.115. The van der Waals surface area contributed by atoms with Crippen LogP contribution in [0.15, 0.2) is 16.6 Å². The maximum atomic E-state index is 11.4. The Labute approximate surface area is 116 Å². The summed E-state index contributed by atoms with van der Waals surface area (Å²) in [6.45, 7) is 1.99. The second-order valence-electron chi connectivity index (χ2n) is 4.17. The molecule has 1 aliphatic rings. The summed E-state index contributed by atoms with van der Waals surface area (Å²) in [5, 5.41) is 3.38. The molecular formula is C12H10BrN3OS. The van der Waals surface area contributed by atoms with Gasteiger partial charge in [0.15, 0.2) is 5.13 Å². The van der Waals surface area contributed by atoms with Crippen LogP contribution in [0.5, 0.6) is 0 Å². The molecule has 0 fully saturated rings. The molecule has 18 heavy (non-hydrogen) atoms. The van der Waals surface area contributed by atoms with Gasteiger partial charge in [-0.25, -0.2) is 4.98 Å². The molecular weight excluding hydrogens is 314 g/mol. The number of nitrogens with zero attached hydrogens (tertiary/aromatic N) is 1. The van der Waals surface area contributed by atoms with E-state index in [2.05, 4.69) is 26.2 Å². The first kappa shape index (κ1) is 11.7. The molecule has 1 aromatic heterocycles. The van der Waals surface area contributed by atoms with Crippen LogP contribution in [0, 0.1) is 6.92 Å². The summed E-state index contributed by atoms with van der Waals surface area (Å²) in [5.74, 6) is 0.0311. The monoisotopic (exact) mass is 323 g/mol. The molecule has 2 aromatic rings. The third kappa shape index (κ3) is 1.81. The van der Waals surface area contributed by atoms with E-state index in [1.807, 2.05) is 19.1 Å². The van der Waals surface area contributed by atoms with Crippen molar-refractivity contribution in [1.29, 1.82) is 0 Å². The van der Waals surface area contributed by atoms with Gasteiger partial charge in [0, 0.05) is 20.6 Å². The first-order valence-corrected chi connectivity index (χ1v) is 7.01. The van der Waals surface area contributed by atoms with E-state index < -0.39 is 0 Å². The van der Waals surface area contributed by atoms with E-state index >= 15 is 0 Å². The van der Waals surface area contributed by atoms with E-state index in [9.17, 15) is 4.79 Å². The van der Waals surface area contributed by atoms with Gasteiger partial charge in [-0.15, -0.1) is 11.3 Å². The van der Waals surface area contributed by atoms with Gasteiger partial charge in [-0.05, 0) is 24.6 Å². The van der Waals surface area contributed by atoms with Gasteiger partial charge in [0.1, 0.15) is 0 Å². The molecule has 0 saturated heterocycles. The highest BCUT2D eigenvalue weighted by atomic mass is 79.9. The number of halogens is 1. The summed E-state index contributed by atoms with van der Waals surface area (Å²) in [6.07, 6.45) is 0.425. The molecule has 0 aliphatic carbocycles. The lowest BCUT2D eigenvalue weighted by atomic mass is 10.1. The molecule has 92 valence electrons. The highest BCUT2D eigenvalue weighted by molar-refractivity contribution is 9.10. The van der Waals surface area contributed by atoms with Crippen molar-refractivity contribution in [2.75, 3.05) is 11.1 Å². The summed E-state index contributed by atoms with van der Waals surface area (Å²) in [7, 11) is 0. The summed E-state index contributed by atoms with van der Waals surface area (Å²) >= 11 is 4.99. The average molecular weight is 324 g/mol. The van der Waals surface area contributed by atoms with Gasteiger partial charge in [0.05, 0.1) is 12.1 Å². The van der Waals surface area contributed by atoms with Gasteiger partial charge in [-0.2, -0.15) is 0 Å². The van der Waals surface area contributed by atoms with Crippen molar-refractivity contribution in [2.45, 2.75) is 13.3 Å². The van der Waals surface area contributed by atoms with E-state index in [1.165, 1.54) is 11.3 Å². The predicted octanol–water partition coefficient (Wildman–Crippen LogP) is 2.96. The van der Waals surface area contributed by atoms with Crippen LogP contribution in [-0.2, 0) is 11.2 Å². The average Bonchev–Trinajstić information content (AvgIpc) is 2.79. The van der Waals surface area contributed by atoms with Crippen LogP contribution >= 0.6 is 27.3 Å². The summed E-state index contributed by atoms with van der Waals surface area (Å²) < 4.78 is 0.914. The van der Waals surface area contributed by atoms with E-state index in [-0.39, 0.29) is 5.91 Å². The van der Waals surface area contributed by atoms with E-state index in [4.69, 9.17) is 5.73 Å². The first-order chi connectivity index (χ1) is 8.54. The molecule has 1 aliphatic heterocycles. The van der Waals surface area contributed by atoms with E-state index in [0.717, 1.165) is 31.9 Å². The van der Waals surface area contributed by atoms with Crippen LogP contribution < -0.4 is 11.1 Å². The van der Waals surface area contributed by atoms with Crippen molar-refractivity contribution in [3.63, 3.8) is 0 Å². The molecule has 0 bridgehead atoms. The molecule has 0 saturated carbocycles. The summed E-state index contributed by atoms with van der Waals surface area (Å²) in [4.78, 5) is 16.8. The number of hydrogen-bond acceptors (Lipinski definition) is 4. The number of thiazole rings is 1. The van der Waals surface area contributed by atoms with Gasteiger partial charge in [-0.1, -0.05) is 15.9 Å².